The van der Waals surface area contributed by atoms with Crippen molar-refractivity contribution < 1.29 is 5.11 Å². The highest BCUT2D eigenvalue weighted by Crippen LogP contribution is 2.38. The van der Waals surface area contributed by atoms with Crippen LogP contribution in [0.25, 0.3) is 0 Å². The molecule has 21 heavy (non-hydrogen) atoms. The van der Waals surface area contributed by atoms with Crippen molar-refractivity contribution in [3.63, 3.8) is 0 Å². The summed E-state index contributed by atoms with van der Waals surface area (Å²) in [5, 5.41) is 17.3. The lowest BCUT2D eigenvalue weighted by Gasteiger charge is -2.27. The molecule has 0 radical (unpaired) electrons. The molecular formula is C15H22ClN3O2. The molecule has 0 saturated heterocycles. The summed E-state index contributed by atoms with van der Waals surface area (Å²) in [7, 11) is 0. The van der Waals surface area contributed by atoms with E-state index < -0.39 is 0 Å². The van der Waals surface area contributed by atoms with Crippen molar-refractivity contribution in [1.82, 2.24) is 9.78 Å². The minimum absolute atomic E-state index is 0.111. The number of nitrogens with zero attached hydrogens (tertiary/aromatic N) is 2. The fraction of sp³-hybridized carbons (Fsp3) is 0.733. The Kier molecular flexibility index (Phi) is 4.22. The Morgan fingerprint density at radius 2 is 2.14 bits per heavy atom. The van der Waals surface area contributed by atoms with Gasteiger partial charge in [0.1, 0.15) is 5.69 Å². The highest BCUT2D eigenvalue weighted by molar-refractivity contribution is 6.32. The van der Waals surface area contributed by atoms with Crippen LogP contribution in [-0.2, 0) is 6.54 Å². The molecule has 0 atom stereocenters. The number of hydrogen-bond acceptors (Lipinski definition) is 4. The average Bonchev–Trinajstić information content (AvgIpc) is 3.18. The van der Waals surface area contributed by atoms with Gasteiger partial charge in [-0.05, 0) is 31.6 Å². The van der Waals surface area contributed by atoms with Crippen molar-refractivity contribution in [2.75, 3.05) is 18.5 Å². The van der Waals surface area contributed by atoms with Crippen molar-refractivity contribution >= 4 is 17.3 Å². The Hall–Kier alpha value is -1.07. The van der Waals surface area contributed by atoms with Gasteiger partial charge in [0.15, 0.2) is 0 Å². The lowest BCUT2D eigenvalue weighted by molar-refractivity contribution is 0.142. The summed E-state index contributed by atoms with van der Waals surface area (Å²) in [6.07, 6.45) is 8.15. The molecule has 1 aromatic rings. The highest BCUT2D eigenvalue weighted by atomic mass is 35.5. The SMILES string of the molecule is O=c1c(NCC2(CO)CCCC2)c(Cl)cnn1CC1CC1. The summed E-state index contributed by atoms with van der Waals surface area (Å²) in [4.78, 5) is 12.4. The summed E-state index contributed by atoms with van der Waals surface area (Å²) < 4.78 is 1.51. The Balaban J connectivity index is 1.76. The van der Waals surface area contributed by atoms with Crippen molar-refractivity contribution in [3.8, 4) is 0 Å². The monoisotopic (exact) mass is 311 g/mol. The molecule has 116 valence electrons. The standard InChI is InChI=1S/C15H22ClN3O2/c16-12-7-18-19(8-11-3-4-11)14(21)13(12)17-9-15(10-20)5-1-2-6-15/h7,11,17,20H,1-6,8-10H2. The van der Waals surface area contributed by atoms with Crippen molar-refractivity contribution in [2.45, 2.75) is 45.1 Å². The van der Waals surface area contributed by atoms with E-state index in [1.165, 1.54) is 23.7 Å². The van der Waals surface area contributed by atoms with Gasteiger partial charge in [0.2, 0.25) is 0 Å². The Bertz CT molecular complexity index is 563. The highest BCUT2D eigenvalue weighted by Gasteiger charge is 2.33. The smallest absolute Gasteiger partial charge is 0.291 e. The molecule has 1 heterocycles. The zero-order chi connectivity index (χ0) is 14.9. The molecule has 6 heteroatoms. The van der Waals surface area contributed by atoms with E-state index in [9.17, 15) is 9.90 Å². The summed E-state index contributed by atoms with van der Waals surface area (Å²) in [6, 6.07) is 0. The van der Waals surface area contributed by atoms with Gasteiger partial charge in [0, 0.05) is 18.5 Å². The minimum Gasteiger partial charge on any atom is -0.396 e. The van der Waals surface area contributed by atoms with Gasteiger partial charge in [-0.1, -0.05) is 24.4 Å². The fourth-order valence-electron chi connectivity index (χ4n) is 3.10. The molecule has 5 nitrogen and oxygen atoms in total. The van der Waals surface area contributed by atoms with Gasteiger partial charge in [0.25, 0.3) is 5.56 Å². The lowest BCUT2D eigenvalue weighted by Crippen LogP contribution is -2.34. The van der Waals surface area contributed by atoms with Crippen LogP contribution >= 0.6 is 11.6 Å². The van der Waals surface area contributed by atoms with Gasteiger partial charge in [0.05, 0.1) is 17.8 Å². The maximum absolute atomic E-state index is 12.4. The second-order valence-electron chi connectivity index (χ2n) is 6.52. The van der Waals surface area contributed by atoms with E-state index in [1.807, 2.05) is 0 Å². The van der Waals surface area contributed by atoms with Gasteiger partial charge in [-0.2, -0.15) is 5.10 Å². The normalized spacial score (nSPS) is 20.7. The number of nitrogens with one attached hydrogen (secondary N) is 1. The molecule has 2 saturated carbocycles. The van der Waals surface area contributed by atoms with Crippen LogP contribution in [0.2, 0.25) is 5.02 Å². The number of anilines is 1. The predicted octanol–water partition coefficient (Wildman–Crippen LogP) is 2.27. The van der Waals surface area contributed by atoms with E-state index in [2.05, 4.69) is 10.4 Å². The van der Waals surface area contributed by atoms with E-state index in [0.717, 1.165) is 25.7 Å². The van der Waals surface area contributed by atoms with Gasteiger partial charge >= 0.3 is 0 Å². The molecule has 3 rings (SSSR count). The van der Waals surface area contributed by atoms with Gasteiger partial charge < -0.3 is 10.4 Å². The predicted molar refractivity (Wildman–Crippen MR) is 82.7 cm³/mol. The number of aliphatic hydroxyl groups excluding tert-OH is 1. The van der Waals surface area contributed by atoms with E-state index >= 15 is 0 Å². The molecule has 0 amide bonds. The average molecular weight is 312 g/mol. The third-order valence-corrected chi connectivity index (χ3v) is 5.05. The molecule has 0 aromatic carbocycles. The summed E-state index contributed by atoms with van der Waals surface area (Å²) in [5.74, 6) is 0.586. The summed E-state index contributed by atoms with van der Waals surface area (Å²) >= 11 is 6.13. The quantitative estimate of drug-likeness (QED) is 0.846. The second kappa shape index (κ2) is 5.97. The van der Waals surface area contributed by atoms with Crippen LogP contribution in [0.1, 0.15) is 38.5 Å². The fourth-order valence-corrected chi connectivity index (χ4v) is 3.29. The van der Waals surface area contributed by atoms with Crippen molar-refractivity contribution in [3.05, 3.63) is 21.6 Å². The first-order valence-corrected chi connectivity index (χ1v) is 8.12. The zero-order valence-corrected chi connectivity index (χ0v) is 12.9. The van der Waals surface area contributed by atoms with Gasteiger partial charge in [-0.15, -0.1) is 0 Å². The van der Waals surface area contributed by atoms with Gasteiger partial charge in [-0.3, -0.25) is 4.79 Å². The van der Waals surface area contributed by atoms with Crippen LogP contribution in [0.3, 0.4) is 0 Å². The molecule has 2 N–H and O–H groups in total. The van der Waals surface area contributed by atoms with E-state index in [4.69, 9.17) is 11.6 Å². The first kappa shape index (κ1) is 14.9. The first-order chi connectivity index (χ1) is 10.1. The van der Waals surface area contributed by atoms with Crippen LogP contribution < -0.4 is 10.9 Å². The molecule has 2 fully saturated rings. The minimum atomic E-state index is -0.152. The molecule has 2 aliphatic carbocycles. The number of halogens is 1. The number of aliphatic hydroxyl groups is 1. The van der Waals surface area contributed by atoms with Crippen LogP contribution in [0, 0.1) is 11.3 Å². The third kappa shape index (κ3) is 3.24. The van der Waals surface area contributed by atoms with E-state index in [-0.39, 0.29) is 17.6 Å². The molecule has 0 bridgehead atoms. The summed E-state index contributed by atoms with van der Waals surface area (Å²) in [6.45, 7) is 1.42. The maximum atomic E-state index is 12.4. The Labute approximate surface area is 129 Å². The van der Waals surface area contributed by atoms with Crippen LogP contribution in [-0.4, -0.2) is 28.0 Å². The van der Waals surface area contributed by atoms with Crippen molar-refractivity contribution in [2.24, 2.45) is 11.3 Å². The zero-order valence-electron chi connectivity index (χ0n) is 12.1. The number of hydrogen-bond donors (Lipinski definition) is 2. The molecule has 1 aromatic heterocycles. The summed E-state index contributed by atoms with van der Waals surface area (Å²) in [5.41, 5.74) is 0.160. The van der Waals surface area contributed by atoms with Gasteiger partial charge in [-0.25, -0.2) is 4.68 Å². The third-order valence-electron chi connectivity index (χ3n) is 4.77. The number of aromatic nitrogens is 2. The van der Waals surface area contributed by atoms with Crippen LogP contribution in [0.15, 0.2) is 11.0 Å². The maximum Gasteiger partial charge on any atom is 0.291 e. The molecule has 0 aliphatic heterocycles. The molecule has 0 unspecified atom stereocenters. The van der Waals surface area contributed by atoms with Crippen LogP contribution in [0.4, 0.5) is 5.69 Å². The topological polar surface area (TPSA) is 67.2 Å². The first-order valence-electron chi connectivity index (χ1n) is 7.74. The second-order valence-corrected chi connectivity index (χ2v) is 6.92. The Morgan fingerprint density at radius 1 is 1.43 bits per heavy atom. The van der Waals surface area contributed by atoms with E-state index in [1.54, 1.807) is 0 Å². The lowest BCUT2D eigenvalue weighted by atomic mass is 9.87. The van der Waals surface area contributed by atoms with E-state index in [0.29, 0.717) is 29.7 Å². The Morgan fingerprint density at radius 3 is 2.76 bits per heavy atom. The van der Waals surface area contributed by atoms with Crippen LogP contribution in [0.5, 0.6) is 0 Å². The number of rotatable bonds is 6. The molecule has 0 spiro atoms. The largest absolute Gasteiger partial charge is 0.396 e. The van der Waals surface area contributed by atoms with Crippen molar-refractivity contribution in [1.29, 1.82) is 0 Å². The molecule has 2 aliphatic rings. The molecular weight excluding hydrogens is 290 g/mol.